The van der Waals surface area contributed by atoms with Crippen LogP contribution in [0.2, 0.25) is 0 Å². The van der Waals surface area contributed by atoms with Crippen LogP contribution in [0.1, 0.15) is 30.5 Å². The number of ether oxygens (including phenoxy) is 2. The van der Waals surface area contributed by atoms with E-state index in [9.17, 15) is 5.11 Å². The van der Waals surface area contributed by atoms with E-state index in [0.29, 0.717) is 31.9 Å². The fourth-order valence-electron chi connectivity index (χ4n) is 2.84. The number of benzene rings is 2. The van der Waals surface area contributed by atoms with Crippen molar-refractivity contribution in [1.29, 1.82) is 0 Å². The van der Waals surface area contributed by atoms with E-state index in [-0.39, 0.29) is 29.7 Å². The second-order valence-electron chi connectivity index (χ2n) is 6.38. The van der Waals surface area contributed by atoms with Gasteiger partial charge in [0.25, 0.3) is 0 Å². The van der Waals surface area contributed by atoms with E-state index < -0.39 is 0 Å². The molecule has 0 amide bonds. The molecule has 3 N–H and O–H groups in total. The smallest absolute Gasteiger partial charge is 0.191 e. The summed E-state index contributed by atoms with van der Waals surface area (Å²) >= 11 is 0. The van der Waals surface area contributed by atoms with Crippen LogP contribution < -0.4 is 20.1 Å². The molecular formula is C22H32IN3O3. The zero-order chi connectivity index (χ0) is 20.4. The van der Waals surface area contributed by atoms with Crippen molar-refractivity contribution < 1.29 is 14.6 Å². The number of rotatable bonds is 9. The normalized spacial score (nSPS) is 10.8. The molecule has 0 radical (unpaired) electrons. The lowest BCUT2D eigenvalue weighted by Crippen LogP contribution is -2.38. The van der Waals surface area contributed by atoms with Gasteiger partial charge >= 0.3 is 0 Å². The fourth-order valence-corrected chi connectivity index (χ4v) is 2.84. The van der Waals surface area contributed by atoms with Gasteiger partial charge in [-0.2, -0.15) is 0 Å². The molecule has 160 valence electrons. The number of methoxy groups -OCH3 is 1. The highest BCUT2D eigenvalue weighted by atomic mass is 127. The first-order valence-corrected chi connectivity index (χ1v) is 9.68. The number of phenolic OH excluding ortho intramolecular Hbond substituents is 1. The van der Waals surface area contributed by atoms with E-state index >= 15 is 0 Å². The van der Waals surface area contributed by atoms with Gasteiger partial charge in [0, 0.05) is 18.7 Å². The van der Waals surface area contributed by atoms with E-state index in [1.54, 1.807) is 13.2 Å². The predicted octanol–water partition coefficient (Wildman–Crippen LogP) is 4.02. The Morgan fingerprint density at radius 3 is 2.55 bits per heavy atom. The van der Waals surface area contributed by atoms with Crippen LogP contribution in [0.4, 0.5) is 0 Å². The maximum Gasteiger partial charge on any atom is 0.191 e. The Bertz CT molecular complexity index is 797. The molecule has 2 aromatic rings. The quantitative estimate of drug-likeness (QED) is 0.268. The van der Waals surface area contributed by atoms with Crippen LogP contribution >= 0.6 is 24.0 Å². The van der Waals surface area contributed by atoms with Gasteiger partial charge in [-0.05, 0) is 50.5 Å². The molecular weight excluding hydrogens is 481 g/mol. The van der Waals surface area contributed by atoms with Gasteiger partial charge in [0.2, 0.25) is 0 Å². The summed E-state index contributed by atoms with van der Waals surface area (Å²) < 4.78 is 10.9. The van der Waals surface area contributed by atoms with Crippen molar-refractivity contribution in [3.63, 3.8) is 0 Å². The second-order valence-corrected chi connectivity index (χ2v) is 6.38. The van der Waals surface area contributed by atoms with Gasteiger partial charge in [-0.25, -0.2) is 4.99 Å². The Morgan fingerprint density at radius 2 is 1.86 bits per heavy atom. The SMILES string of the molecule is CCNC(=NCc1ccc(C)cc1OCC)NCCc1cccc(OC)c1O.I. The minimum atomic E-state index is 0. The molecule has 0 atom stereocenters. The first-order chi connectivity index (χ1) is 13.6. The highest BCUT2D eigenvalue weighted by Gasteiger charge is 2.08. The summed E-state index contributed by atoms with van der Waals surface area (Å²) in [7, 11) is 1.55. The number of nitrogens with one attached hydrogen (secondary N) is 2. The van der Waals surface area contributed by atoms with Crippen molar-refractivity contribution in [1.82, 2.24) is 10.6 Å². The van der Waals surface area contributed by atoms with Gasteiger partial charge in [-0.3, -0.25) is 0 Å². The van der Waals surface area contributed by atoms with Crippen molar-refractivity contribution in [3.8, 4) is 17.2 Å². The first-order valence-electron chi connectivity index (χ1n) is 9.68. The molecule has 0 unspecified atom stereocenters. The topological polar surface area (TPSA) is 75.1 Å². The molecule has 0 bridgehead atoms. The zero-order valence-corrected chi connectivity index (χ0v) is 19.9. The number of hydrogen-bond acceptors (Lipinski definition) is 4. The van der Waals surface area contributed by atoms with Crippen molar-refractivity contribution in [2.24, 2.45) is 4.99 Å². The molecule has 0 saturated heterocycles. The van der Waals surface area contributed by atoms with Gasteiger partial charge in [0.15, 0.2) is 17.5 Å². The lowest BCUT2D eigenvalue weighted by Gasteiger charge is -2.14. The molecule has 6 nitrogen and oxygen atoms in total. The van der Waals surface area contributed by atoms with Gasteiger partial charge < -0.3 is 25.2 Å². The molecule has 0 aromatic heterocycles. The third kappa shape index (κ3) is 7.64. The van der Waals surface area contributed by atoms with Gasteiger partial charge in [0.05, 0.1) is 20.3 Å². The molecule has 0 aliphatic heterocycles. The zero-order valence-electron chi connectivity index (χ0n) is 17.6. The first kappa shape index (κ1) is 24.9. The summed E-state index contributed by atoms with van der Waals surface area (Å²) in [5.41, 5.74) is 3.05. The standard InChI is InChI=1S/C22H31N3O3.HI/c1-5-23-22(24-13-12-17-8-7-9-19(27-4)21(17)26)25-15-18-11-10-16(3)14-20(18)28-6-2;/h7-11,14,26H,5-6,12-13,15H2,1-4H3,(H2,23,24,25);1H. The summed E-state index contributed by atoms with van der Waals surface area (Å²) in [5.74, 6) is 2.28. The van der Waals surface area contributed by atoms with Crippen LogP contribution in [0.15, 0.2) is 41.4 Å². The number of guanidine groups is 1. The van der Waals surface area contributed by atoms with Gasteiger partial charge in [-0.15, -0.1) is 24.0 Å². The minimum Gasteiger partial charge on any atom is -0.504 e. The highest BCUT2D eigenvalue weighted by molar-refractivity contribution is 14.0. The van der Waals surface area contributed by atoms with Crippen LogP contribution in [0, 0.1) is 6.92 Å². The van der Waals surface area contributed by atoms with Crippen molar-refractivity contribution in [2.75, 3.05) is 26.8 Å². The maximum absolute atomic E-state index is 10.2. The molecule has 0 aliphatic rings. The van der Waals surface area contributed by atoms with Crippen LogP contribution in [-0.4, -0.2) is 37.9 Å². The summed E-state index contributed by atoms with van der Waals surface area (Å²) in [4.78, 5) is 4.67. The number of aromatic hydroxyl groups is 1. The predicted molar refractivity (Wildman–Crippen MR) is 129 cm³/mol. The largest absolute Gasteiger partial charge is 0.504 e. The Balaban J connectivity index is 0.00000420. The van der Waals surface area contributed by atoms with Crippen molar-refractivity contribution in [2.45, 2.75) is 33.7 Å². The average molecular weight is 513 g/mol. The van der Waals surface area contributed by atoms with E-state index in [2.05, 4.69) is 34.7 Å². The lowest BCUT2D eigenvalue weighted by molar-refractivity contribution is 0.336. The Labute approximate surface area is 190 Å². The summed E-state index contributed by atoms with van der Waals surface area (Å²) in [5, 5.41) is 16.8. The van der Waals surface area contributed by atoms with Crippen LogP contribution in [-0.2, 0) is 13.0 Å². The number of nitrogens with zero attached hydrogens (tertiary/aromatic N) is 1. The fraction of sp³-hybridized carbons (Fsp3) is 0.409. The minimum absolute atomic E-state index is 0. The van der Waals surface area contributed by atoms with E-state index in [1.807, 2.05) is 32.0 Å². The molecule has 0 fully saturated rings. The number of halogens is 1. The Hall–Kier alpha value is -2.16. The molecule has 0 aliphatic carbocycles. The number of aliphatic imine (C=N–C) groups is 1. The molecule has 2 aromatic carbocycles. The molecule has 29 heavy (non-hydrogen) atoms. The van der Waals surface area contributed by atoms with Gasteiger partial charge in [0.1, 0.15) is 5.75 Å². The third-order valence-corrected chi connectivity index (χ3v) is 4.26. The molecule has 7 heteroatoms. The van der Waals surface area contributed by atoms with E-state index in [1.165, 1.54) is 5.56 Å². The van der Waals surface area contributed by atoms with Gasteiger partial charge in [-0.1, -0.05) is 24.3 Å². The second kappa shape index (κ2) is 13.1. The number of para-hydroxylation sites is 1. The number of aryl methyl sites for hydroxylation is 1. The van der Waals surface area contributed by atoms with Crippen molar-refractivity contribution >= 4 is 29.9 Å². The third-order valence-electron chi connectivity index (χ3n) is 4.26. The van der Waals surface area contributed by atoms with E-state index in [4.69, 9.17) is 9.47 Å². The average Bonchev–Trinajstić information content (AvgIpc) is 2.68. The highest BCUT2D eigenvalue weighted by Crippen LogP contribution is 2.29. The molecule has 0 heterocycles. The van der Waals surface area contributed by atoms with Crippen LogP contribution in [0.3, 0.4) is 0 Å². The number of phenols is 1. The summed E-state index contributed by atoms with van der Waals surface area (Å²) in [6, 6.07) is 11.7. The summed E-state index contributed by atoms with van der Waals surface area (Å²) in [6.45, 7) is 8.62. The monoisotopic (exact) mass is 513 g/mol. The van der Waals surface area contributed by atoms with Crippen LogP contribution in [0.25, 0.3) is 0 Å². The van der Waals surface area contributed by atoms with E-state index in [0.717, 1.165) is 29.4 Å². The molecule has 0 spiro atoms. The maximum atomic E-state index is 10.2. The lowest BCUT2D eigenvalue weighted by atomic mass is 10.1. The Kier molecular flexibility index (Phi) is 11.3. The molecule has 0 saturated carbocycles. The Morgan fingerprint density at radius 1 is 1.07 bits per heavy atom. The number of hydrogen-bond donors (Lipinski definition) is 3. The molecule has 2 rings (SSSR count). The van der Waals surface area contributed by atoms with Crippen molar-refractivity contribution in [3.05, 3.63) is 53.1 Å². The summed E-state index contributed by atoms with van der Waals surface area (Å²) in [6.07, 6.45) is 0.655. The van der Waals surface area contributed by atoms with Crippen LogP contribution in [0.5, 0.6) is 17.2 Å².